The van der Waals surface area contributed by atoms with E-state index in [0.29, 0.717) is 31.8 Å². The van der Waals surface area contributed by atoms with Gasteiger partial charge in [0.1, 0.15) is 12.1 Å². The fourth-order valence-electron chi connectivity index (χ4n) is 9.15. The number of rotatable bonds is 24. The van der Waals surface area contributed by atoms with Gasteiger partial charge in [-0.05, 0) is 56.2 Å². The molecule has 0 spiro atoms. The Morgan fingerprint density at radius 2 is 1.47 bits per heavy atom. The predicted molar refractivity (Wildman–Crippen MR) is 269 cm³/mol. The molecule has 9 atom stereocenters. The third-order valence-corrected chi connectivity index (χ3v) is 12.9. The van der Waals surface area contributed by atoms with E-state index in [-0.39, 0.29) is 72.8 Å². The number of benzene rings is 1. The Balaban J connectivity index is 0.00000343. The van der Waals surface area contributed by atoms with Crippen molar-refractivity contribution in [2.75, 3.05) is 74.6 Å². The first kappa shape index (κ1) is 61.8. The summed E-state index contributed by atoms with van der Waals surface area (Å²) < 4.78 is 12.1. The van der Waals surface area contributed by atoms with Gasteiger partial charge in [0, 0.05) is 40.8 Å². The maximum absolute atomic E-state index is 14.4. The molecule has 0 unspecified atom stereocenters. The Kier molecular flexibility index (Phi) is 31.2. The molecule has 0 bridgehead atoms. The molecule has 5 amide bonds. The predicted octanol–water partition coefficient (Wildman–Crippen LogP) is 6.24. The quantitative estimate of drug-likeness (QED) is 0.101. The van der Waals surface area contributed by atoms with Gasteiger partial charge < -0.3 is 52.0 Å². The van der Waals surface area contributed by atoms with Crippen LogP contribution in [0.25, 0.3) is 16.8 Å². The minimum absolute atomic E-state index is 0.0137. The number of nitrogens with zero attached hydrogens (tertiary/aromatic N) is 4. The average molecular weight is 1220 g/mol. The van der Waals surface area contributed by atoms with Crippen molar-refractivity contribution in [2.45, 2.75) is 136 Å². The van der Waals surface area contributed by atoms with Gasteiger partial charge in [-0.3, -0.25) is 28.9 Å². The van der Waals surface area contributed by atoms with Gasteiger partial charge in [-0.2, -0.15) is 13.1 Å². The summed E-state index contributed by atoms with van der Waals surface area (Å²) in [5.41, 5.74) is 13.5. The number of halogens is 1. The zero-order chi connectivity index (χ0) is 50.1. The summed E-state index contributed by atoms with van der Waals surface area (Å²) in [6.45, 7) is 16.8. The molecule has 16 nitrogen and oxygen atoms in total. The molecule has 0 radical (unpaired) electrons. The Bertz CT molecular complexity index is 1550. The van der Waals surface area contributed by atoms with Gasteiger partial charge in [0.25, 0.3) is 0 Å². The summed E-state index contributed by atoms with van der Waals surface area (Å²) in [6.07, 6.45) is 3.07. The van der Waals surface area contributed by atoms with Gasteiger partial charge in [-0.1, -0.05) is 98.1 Å². The van der Waals surface area contributed by atoms with Gasteiger partial charge >= 0.3 is 35.5 Å². The van der Waals surface area contributed by atoms with Crippen LogP contribution < -0.4 is 16.0 Å². The van der Waals surface area contributed by atoms with E-state index in [4.69, 9.17) is 20.9 Å². The molecule has 0 aliphatic carbocycles. The normalized spacial score (nSPS) is 18.9. The van der Waals surface area contributed by atoms with Crippen molar-refractivity contribution >= 4 is 48.9 Å². The number of carbonyl (C=O) groups excluding carboxylic acids is 5. The van der Waals surface area contributed by atoms with Gasteiger partial charge in [-0.15, -0.1) is 13.1 Å². The van der Waals surface area contributed by atoms with Crippen LogP contribution in [-0.2, 0) is 56.0 Å². The van der Waals surface area contributed by atoms with E-state index in [0.717, 1.165) is 44.3 Å². The first-order chi connectivity index (χ1) is 31.4. The van der Waals surface area contributed by atoms with Crippen molar-refractivity contribution in [3.05, 3.63) is 52.7 Å². The molecule has 2 heterocycles. The third-order valence-electron chi connectivity index (χ3n) is 12.9. The van der Waals surface area contributed by atoms with E-state index < -0.39 is 42.3 Å². The number of hydrogen-bond donors (Lipinski definition) is 3. The fraction of sp³-hybridized carbons (Fsp3) is 0.771. The summed E-state index contributed by atoms with van der Waals surface area (Å²) in [7, 11) is 8.58. The van der Waals surface area contributed by atoms with E-state index >= 15 is 0 Å². The molecule has 1 aromatic carbocycles. The number of methoxy groups -OCH3 is 2. The smallest absolute Gasteiger partial charge is 0.171 e. The standard InChI is InChI=1S/C46H78N7O7.C2H6N2.HI.Pt/c1-13-31(6)41(52(10)46(58)39(29(2)3)50-45(57)40(30(4)5)51(8)9)37(59-11)27-38(54)53-25-17-20-36(53)42(60-12)32(7)43(55)49-35(26-33-18-15-14-16-19-33)44(56)48-28-34-21-23-47-24-22-34;3-1-2-4;;/h14-16,18-19,29-32,34-37,39-42H,13,17,20-28H2,1-12H3,(H,48,56)(H,49,55)(H,50,57);3-4H,1-2H2;1H;/q-1;-2;;+1/p-1/t31-,32+,35-,36-,37+,39-,40-,41-,42+;;;/m0.../s1. The molecule has 2 aliphatic heterocycles. The second-order valence-corrected chi connectivity index (χ2v) is 18.6. The van der Waals surface area contributed by atoms with Crippen LogP contribution in [0.5, 0.6) is 0 Å². The molecule has 5 N–H and O–H groups in total. The molecule has 3 rings (SSSR count). The van der Waals surface area contributed by atoms with E-state index in [9.17, 15) is 24.0 Å². The SMILES string of the molecule is CC[C@H](C)[C@@H]([C@@H](CC(=O)N1CCC[C@H]1[C@H](OC)[C@@H](C)C(=O)N[C@@H](Cc1ccccc1)C(=O)NCC1CC[N-]CC1)OC)N(C)C(=O)[C@@H](NC(=O)[C@H](C(C)C)N(C)C)C(C)C.[I][Pt].[NH-]CC[NH-]. The first-order valence-electron chi connectivity index (χ1n) is 23.6. The first-order valence-corrected chi connectivity index (χ1v) is 30.1. The average Bonchev–Trinajstić information content (AvgIpc) is 3.80. The summed E-state index contributed by atoms with van der Waals surface area (Å²) in [5, 5.41) is 13.6. The van der Waals surface area contributed by atoms with E-state index in [1.165, 1.54) is 0 Å². The van der Waals surface area contributed by atoms with Crippen LogP contribution in [0.2, 0.25) is 0 Å². The van der Waals surface area contributed by atoms with Crippen LogP contribution in [-0.4, -0.2) is 161 Å². The molecule has 2 saturated heterocycles. The number of nitrogens with one attached hydrogen (secondary N) is 5. The van der Waals surface area contributed by atoms with Crippen molar-refractivity contribution in [3.8, 4) is 0 Å². The summed E-state index contributed by atoms with van der Waals surface area (Å²) in [5.74, 6) is -1.63. The molecule has 1 aromatic rings. The Morgan fingerprint density at radius 1 is 0.864 bits per heavy atom. The number of piperidine rings is 1. The second-order valence-electron chi connectivity index (χ2n) is 18.6. The van der Waals surface area contributed by atoms with Gasteiger partial charge in [0.05, 0.1) is 42.7 Å². The number of hydrogen-bond acceptors (Lipinski definition) is 8. The van der Waals surface area contributed by atoms with Crippen LogP contribution in [0, 0.1) is 29.6 Å². The number of likely N-dealkylation sites (tertiary alicyclic amines) is 1. The molecule has 2 aliphatic rings. The molecule has 0 aromatic heterocycles. The van der Waals surface area contributed by atoms with Crippen LogP contribution in [0.3, 0.4) is 0 Å². The van der Waals surface area contributed by atoms with Crippen molar-refractivity contribution in [2.24, 2.45) is 29.6 Å². The summed E-state index contributed by atoms with van der Waals surface area (Å²) in [6, 6.07) is 6.83. The molecule has 0 saturated carbocycles. The summed E-state index contributed by atoms with van der Waals surface area (Å²) in [4.78, 5) is 75.2. The molecule has 383 valence electrons. The maximum atomic E-state index is 14.4. The largest absolute Gasteiger partial charge is 0.679 e. The van der Waals surface area contributed by atoms with Crippen LogP contribution in [0.1, 0.15) is 92.6 Å². The topological polar surface area (TPSA) is 211 Å². The van der Waals surface area contributed by atoms with Crippen molar-refractivity contribution in [1.29, 1.82) is 0 Å². The number of ether oxygens (including phenoxy) is 2. The van der Waals surface area contributed by atoms with Crippen molar-refractivity contribution < 1.29 is 49.6 Å². The zero-order valence-corrected chi connectivity index (χ0v) is 46.3. The van der Waals surface area contributed by atoms with Crippen LogP contribution in [0.15, 0.2) is 30.3 Å². The second kappa shape index (κ2) is 33.3. The van der Waals surface area contributed by atoms with Gasteiger partial charge in [0.2, 0.25) is 29.5 Å². The van der Waals surface area contributed by atoms with E-state index in [1.807, 2.05) is 90.9 Å². The van der Waals surface area contributed by atoms with Crippen molar-refractivity contribution in [3.63, 3.8) is 0 Å². The van der Waals surface area contributed by atoms with Gasteiger partial charge in [-0.25, -0.2) is 0 Å². The number of carbonyl (C=O) groups is 5. The molecule has 2 fully saturated rings. The zero-order valence-electron chi connectivity index (χ0n) is 41.8. The monoisotopic (exact) mass is 1220 g/mol. The number of amides is 5. The third kappa shape index (κ3) is 19.6. The number of likely N-dealkylation sites (N-methyl/N-ethyl adjacent to an activating group) is 2. The Morgan fingerprint density at radius 3 is 1.97 bits per heavy atom. The minimum atomic E-state index is -0.790. The van der Waals surface area contributed by atoms with Crippen LogP contribution in [0.4, 0.5) is 0 Å². The maximum Gasteiger partial charge on any atom is -0.171 e. The molecule has 18 heteroatoms. The fourth-order valence-corrected chi connectivity index (χ4v) is 9.15. The van der Waals surface area contributed by atoms with E-state index in [2.05, 4.69) is 56.8 Å². The Labute approximate surface area is 419 Å². The summed E-state index contributed by atoms with van der Waals surface area (Å²) >= 11 is 4.23. The Hall–Kier alpha value is -2.25. The minimum Gasteiger partial charge on any atom is -0.679 e. The molecular formula is C48H84IN9O7Pt-3. The molecular weight excluding hydrogens is 1140 g/mol. The van der Waals surface area contributed by atoms with Gasteiger partial charge in [0.15, 0.2) is 0 Å². The van der Waals surface area contributed by atoms with Crippen molar-refractivity contribution in [1.82, 2.24) is 30.7 Å². The molecule has 66 heavy (non-hydrogen) atoms. The van der Waals surface area contributed by atoms with Crippen LogP contribution >= 0.6 is 19.4 Å². The van der Waals surface area contributed by atoms with E-state index in [1.54, 1.807) is 38.0 Å².